The minimum atomic E-state index is -1.64. The molecule has 1 rings (SSSR count). The van der Waals surface area contributed by atoms with Crippen LogP contribution in [-0.2, 0) is 9.22 Å². The lowest BCUT2D eigenvalue weighted by molar-refractivity contribution is -0.120. The number of carbonyl (C=O) groups is 1. The minimum absolute atomic E-state index is 0.162. The third kappa shape index (κ3) is 11.0. The number of ketones is 1. The molecule has 0 heterocycles. The zero-order valence-corrected chi connectivity index (χ0v) is 22.7. The van der Waals surface area contributed by atoms with Gasteiger partial charge >= 0.3 is 0 Å². The Labute approximate surface area is 194 Å². The molecular formula is C28H50O2Si. The molecule has 0 radical (unpaired) electrons. The van der Waals surface area contributed by atoms with Crippen LogP contribution < -0.4 is 0 Å². The number of unbranched alkanes of at least 4 members (excludes halogenated alkanes) is 2. The van der Waals surface area contributed by atoms with E-state index in [1.54, 1.807) is 0 Å². The Bertz CT molecular complexity index is 617. The molecule has 0 amide bonds. The fourth-order valence-electron chi connectivity index (χ4n) is 3.98. The maximum absolute atomic E-state index is 12.3. The van der Waals surface area contributed by atoms with Crippen LogP contribution in [0.2, 0.25) is 18.1 Å². The maximum atomic E-state index is 12.3. The number of allylic oxidation sites excluding steroid dienone is 2. The summed E-state index contributed by atoms with van der Waals surface area (Å²) in [6, 6.07) is 0. The van der Waals surface area contributed by atoms with E-state index < -0.39 is 8.32 Å². The summed E-state index contributed by atoms with van der Waals surface area (Å²) in [4.78, 5) is 12.3. The van der Waals surface area contributed by atoms with Crippen molar-refractivity contribution in [2.75, 3.05) is 6.61 Å². The van der Waals surface area contributed by atoms with Crippen LogP contribution in [0.3, 0.4) is 0 Å². The zero-order chi connectivity index (χ0) is 23.3. The topological polar surface area (TPSA) is 26.3 Å². The molecule has 0 saturated heterocycles. The quantitative estimate of drug-likeness (QED) is 0.109. The lowest BCUT2D eigenvalue weighted by Crippen LogP contribution is -2.40. The van der Waals surface area contributed by atoms with E-state index in [9.17, 15) is 4.79 Å². The summed E-state index contributed by atoms with van der Waals surface area (Å²) in [7, 11) is -1.64. The van der Waals surface area contributed by atoms with Gasteiger partial charge in [0.15, 0.2) is 8.32 Å². The number of rotatable bonds is 15. The molecule has 1 aliphatic rings. The van der Waals surface area contributed by atoms with E-state index in [1.807, 2.05) is 0 Å². The van der Waals surface area contributed by atoms with Crippen molar-refractivity contribution >= 4 is 14.1 Å². The SMILES string of the molecule is CCCCCC(C)CCCC1=CCC(=O)[C@@H]1CCC=C=CCCO[Si](C)(C)C(C)(C)C. The van der Waals surface area contributed by atoms with Crippen LogP contribution in [0.1, 0.15) is 105 Å². The van der Waals surface area contributed by atoms with Gasteiger partial charge in [-0.2, -0.15) is 0 Å². The number of hydrogen-bond acceptors (Lipinski definition) is 2. The molecule has 0 aromatic heterocycles. The van der Waals surface area contributed by atoms with Crippen LogP contribution in [-0.4, -0.2) is 20.7 Å². The second-order valence-corrected chi connectivity index (χ2v) is 15.9. The van der Waals surface area contributed by atoms with Gasteiger partial charge in [0.2, 0.25) is 0 Å². The summed E-state index contributed by atoms with van der Waals surface area (Å²) in [5.41, 5.74) is 4.71. The summed E-state index contributed by atoms with van der Waals surface area (Å²) >= 11 is 0. The van der Waals surface area contributed by atoms with E-state index in [0.29, 0.717) is 12.2 Å². The van der Waals surface area contributed by atoms with Gasteiger partial charge in [-0.3, -0.25) is 4.79 Å². The molecule has 0 spiro atoms. The molecule has 0 aromatic rings. The van der Waals surface area contributed by atoms with Crippen LogP contribution in [0, 0.1) is 11.8 Å². The van der Waals surface area contributed by atoms with E-state index >= 15 is 0 Å². The largest absolute Gasteiger partial charge is 0.416 e. The van der Waals surface area contributed by atoms with Gasteiger partial charge in [0.05, 0.1) is 0 Å². The van der Waals surface area contributed by atoms with Crippen molar-refractivity contribution in [3.05, 3.63) is 29.5 Å². The average molecular weight is 447 g/mol. The van der Waals surface area contributed by atoms with Crippen LogP contribution in [0.15, 0.2) is 29.5 Å². The zero-order valence-electron chi connectivity index (χ0n) is 21.7. The molecule has 31 heavy (non-hydrogen) atoms. The smallest absolute Gasteiger partial charge is 0.191 e. The molecule has 0 bridgehead atoms. The Hall–Kier alpha value is -0.893. The van der Waals surface area contributed by atoms with Crippen molar-refractivity contribution in [2.24, 2.45) is 11.8 Å². The highest BCUT2D eigenvalue weighted by molar-refractivity contribution is 6.74. The van der Waals surface area contributed by atoms with Gasteiger partial charge in [-0.1, -0.05) is 78.4 Å². The second-order valence-electron chi connectivity index (χ2n) is 11.0. The molecule has 2 atom stereocenters. The average Bonchev–Trinajstić information content (AvgIpc) is 3.03. The first-order chi connectivity index (χ1) is 14.6. The van der Waals surface area contributed by atoms with E-state index in [-0.39, 0.29) is 11.0 Å². The van der Waals surface area contributed by atoms with Gasteiger partial charge in [-0.05, 0) is 68.3 Å². The molecule has 0 saturated carbocycles. The third-order valence-electron chi connectivity index (χ3n) is 7.23. The van der Waals surface area contributed by atoms with Crippen molar-refractivity contribution in [3.63, 3.8) is 0 Å². The minimum Gasteiger partial charge on any atom is -0.416 e. The molecular weight excluding hydrogens is 396 g/mol. The van der Waals surface area contributed by atoms with E-state index in [2.05, 4.69) is 71.7 Å². The van der Waals surface area contributed by atoms with E-state index in [4.69, 9.17) is 4.43 Å². The van der Waals surface area contributed by atoms with Crippen molar-refractivity contribution in [3.8, 4) is 0 Å². The molecule has 1 unspecified atom stereocenters. The predicted octanol–water partition coefficient (Wildman–Crippen LogP) is 8.79. The van der Waals surface area contributed by atoms with Crippen molar-refractivity contribution in [1.29, 1.82) is 0 Å². The highest BCUT2D eigenvalue weighted by Crippen LogP contribution is 2.36. The van der Waals surface area contributed by atoms with Crippen LogP contribution in [0.5, 0.6) is 0 Å². The number of carbonyl (C=O) groups excluding carboxylic acids is 1. The van der Waals surface area contributed by atoms with Gasteiger partial charge in [-0.25, -0.2) is 0 Å². The normalized spacial score (nSPS) is 18.0. The Morgan fingerprint density at radius 3 is 2.52 bits per heavy atom. The lowest BCUT2D eigenvalue weighted by atomic mass is 9.90. The summed E-state index contributed by atoms with van der Waals surface area (Å²) in [5, 5.41) is 0.263. The Morgan fingerprint density at radius 1 is 1.16 bits per heavy atom. The molecule has 178 valence electrons. The number of Topliss-reactive ketones (excluding diaryl/α,β-unsaturated/α-hetero) is 1. The van der Waals surface area contributed by atoms with Crippen LogP contribution >= 0.6 is 0 Å². The van der Waals surface area contributed by atoms with Crippen molar-refractivity contribution in [1.82, 2.24) is 0 Å². The van der Waals surface area contributed by atoms with Gasteiger partial charge in [0.1, 0.15) is 5.78 Å². The summed E-state index contributed by atoms with van der Waals surface area (Å²) in [5.74, 6) is 1.40. The first-order valence-corrected chi connectivity index (χ1v) is 15.7. The monoisotopic (exact) mass is 446 g/mol. The number of hydrogen-bond donors (Lipinski definition) is 0. The summed E-state index contributed by atoms with van der Waals surface area (Å²) < 4.78 is 6.19. The van der Waals surface area contributed by atoms with Gasteiger partial charge < -0.3 is 4.43 Å². The second kappa shape index (κ2) is 14.3. The highest BCUT2D eigenvalue weighted by atomic mass is 28.4. The molecule has 0 aromatic carbocycles. The van der Waals surface area contributed by atoms with Gasteiger partial charge in [-0.15, -0.1) is 5.73 Å². The van der Waals surface area contributed by atoms with Gasteiger partial charge in [0.25, 0.3) is 0 Å². The standard InChI is InChI=1S/C28H50O2Si/c1-8-9-13-17-24(2)18-16-19-25-21-22-27(29)26(25)20-14-11-10-12-15-23-30-31(6,7)28(3,4)5/h11-12,21,24,26H,8-9,13-20,22-23H2,1-7H3/t10?,24?,26-/m1/s1. The fourth-order valence-corrected chi connectivity index (χ4v) is 5.04. The van der Waals surface area contributed by atoms with Crippen LogP contribution in [0.25, 0.3) is 0 Å². The fraction of sp³-hybridized carbons (Fsp3) is 0.786. The van der Waals surface area contributed by atoms with E-state index in [0.717, 1.165) is 38.2 Å². The molecule has 0 fully saturated rings. The predicted molar refractivity (Wildman–Crippen MR) is 138 cm³/mol. The van der Waals surface area contributed by atoms with Crippen molar-refractivity contribution in [2.45, 2.75) is 123 Å². The first-order valence-electron chi connectivity index (χ1n) is 12.8. The molecule has 2 nitrogen and oxygen atoms in total. The Kier molecular flexibility index (Phi) is 13.0. The van der Waals surface area contributed by atoms with Crippen molar-refractivity contribution < 1.29 is 9.22 Å². The molecule has 1 aliphatic carbocycles. The highest BCUT2D eigenvalue weighted by Gasteiger charge is 2.36. The summed E-state index contributed by atoms with van der Waals surface area (Å²) in [6.07, 6.45) is 18.8. The van der Waals surface area contributed by atoms with E-state index in [1.165, 1.54) is 44.1 Å². The third-order valence-corrected chi connectivity index (χ3v) is 11.8. The van der Waals surface area contributed by atoms with Gasteiger partial charge in [0, 0.05) is 18.9 Å². The molecule has 3 heteroatoms. The lowest BCUT2D eigenvalue weighted by Gasteiger charge is -2.36. The van der Waals surface area contributed by atoms with Crippen LogP contribution in [0.4, 0.5) is 0 Å². The Balaban J connectivity index is 2.29. The Morgan fingerprint density at radius 2 is 1.84 bits per heavy atom. The molecule has 0 N–H and O–H groups in total. The summed E-state index contributed by atoms with van der Waals surface area (Å²) in [6.45, 7) is 16.8. The first kappa shape index (κ1) is 28.1. The maximum Gasteiger partial charge on any atom is 0.191 e. The molecule has 0 aliphatic heterocycles.